The Bertz CT molecular complexity index is 222. The molecular weight excluding hydrogens is 301 g/mol. The van der Waals surface area contributed by atoms with Gasteiger partial charge in [0, 0.05) is 12.6 Å². The molecule has 0 fully saturated rings. The molecule has 0 unspecified atom stereocenters. The molecular formula is C7H7Br2FMgN. The zero-order chi connectivity index (χ0) is 9.40. The second-order valence-electron chi connectivity index (χ2n) is 1.85. The van der Waals surface area contributed by atoms with Gasteiger partial charge in [-0.25, -0.2) is 4.39 Å². The summed E-state index contributed by atoms with van der Waals surface area (Å²) in [5.41, 5.74) is 6.04. The predicted octanol–water partition coefficient (Wildman–Crippen LogP) is 2.39. The lowest BCUT2D eigenvalue weighted by molar-refractivity contribution is 0.623. The number of halogens is 3. The molecule has 0 bridgehead atoms. The maximum absolute atomic E-state index is 12.2. The molecule has 0 aliphatic heterocycles. The number of rotatable bonds is 1. The number of benzene rings is 1. The minimum Gasteiger partial charge on any atom is -0.326 e. The van der Waals surface area contributed by atoms with E-state index in [4.69, 9.17) is 5.73 Å². The van der Waals surface area contributed by atoms with Crippen molar-refractivity contribution in [2.75, 3.05) is 0 Å². The van der Waals surface area contributed by atoms with Gasteiger partial charge < -0.3 is 5.73 Å². The average molecular weight is 308 g/mol. The first-order chi connectivity index (χ1) is 5.74. The summed E-state index contributed by atoms with van der Waals surface area (Å²) in [5.74, 6) is -0.349. The molecule has 0 heterocycles. The molecule has 1 nitrogen and oxygen atoms in total. The average Bonchev–Trinajstić information content (AvgIpc) is 2.06. The fourth-order valence-electron chi connectivity index (χ4n) is 0.608. The van der Waals surface area contributed by atoms with Crippen LogP contribution in [0.3, 0.4) is 0 Å². The van der Waals surface area contributed by atoms with Crippen LogP contribution < -0.4 is 5.73 Å². The van der Waals surface area contributed by atoms with Gasteiger partial charge in [-0.15, -0.1) is 0 Å². The fraction of sp³-hybridized carbons (Fsp3) is 0.143. The number of nitrogens with two attached hydrogens (primary N) is 1. The van der Waals surface area contributed by atoms with Crippen molar-refractivity contribution in [3.63, 3.8) is 0 Å². The zero-order valence-electron chi connectivity index (χ0n) is 6.36. The topological polar surface area (TPSA) is 26.0 Å². The Morgan fingerprint density at radius 2 is 2.17 bits per heavy atom. The quantitative estimate of drug-likeness (QED) is 0.792. The molecule has 63 valence electrons. The Balaban J connectivity index is 0.000000354. The molecule has 0 aromatic heterocycles. The Kier molecular flexibility index (Phi) is 9.02. The van der Waals surface area contributed by atoms with E-state index in [1.54, 1.807) is 6.07 Å². The summed E-state index contributed by atoms with van der Waals surface area (Å²) in [6.45, 7) is 0.381. The van der Waals surface area contributed by atoms with Gasteiger partial charge >= 0.3 is 16.0 Å². The third-order valence-corrected chi connectivity index (χ3v) is 1.07. The first-order valence-electron chi connectivity index (χ1n) is 3.22. The van der Waals surface area contributed by atoms with E-state index < -0.39 is 0 Å². The summed E-state index contributed by atoms with van der Waals surface area (Å²) >= 11 is 6.44. The number of hydrogen-bond acceptors (Lipinski definition) is 1. The van der Waals surface area contributed by atoms with E-state index in [1.807, 2.05) is 0 Å². The molecule has 1 aromatic carbocycles. The van der Waals surface area contributed by atoms with Crippen LogP contribution in [0.15, 0.2) is 18.2 Å². The molecule has 1 aromatic rings. The monoisotopic (exact) mass is 306 g/mol. The van der Waals surface area contributed by atoms with Crippen LogP contribution in [0.2, 0.25) is 0 Å². The van der Waals surface area contributed by atoms with Gasteiger partial charge in [0.25, 0.3) is 0 Å². The van der Waals surface area contributed by atoms with Crippen LogP contribution in [0.4, 0.5) is 4.39 Å². The standard InChI is InChI=1S/C7H7FN.2BrH.Mg/c8-7-3-1-2-6(4-7)5-9;;;/h1-2,4H,5,9H2;2*1H;/q;;;+2/p-2. The Hall–Kier alpha value is 0.836. The van der Waals surface area contributed by atoms with Crippen molar-refractivity contribution in [2.24, 2.45) is 5.73 Å². The summed E-state index contributed by atoms with van der Waals surface area (Å²) in [4.78, 5) is 0. The first kappa shape index (κ1) is 12.8. The molecule has 12 heavy (non-hydrogen) atoms. The van der Waals surface area contributed by atoms with Gasteiger partial charge in [0.05, 0.1) is 0 Å². The molecule has 5 heteroatoms. The van der Waals surface area contributed by atoms with Crippen molar-refractivity contribution in [3.05, 3.63) is 35.6 Å². The van der Waals surface area contributed by atoms with E-state index in [9.17, 15) is 4.39 Å². The smallest absolute Gasteiger partial charge is 0.326 e. The van der Waals surface area contributed by atoms with Crippen molar-refractivity contribution >= 4 is 41.8 Å². The second kappa shape index (κ2) is 8.44. The van der Waals surface area contributed by atoms with Crippen LogP contribution in [0.5, 0.6) is 0 Å². The van der Waals surface area contributed by atoms with E-state index in [0.717, 1.165) is 5.56 Å². The molecule has 2 N–H and O–H groups in total. The summed E-state index contributed by atoms with van der Waals surface area (Å²) < 4.78 is 12.2. The maximum Gasteiger partial charge on any atom is 0.560 e. The van der Waals surface area contributed by atoms with Gasteiger partial charge in [-0.1, -0.05) is 12.1 Å². The van der Waals surface area contributed by atoms with Gasteiger partial charge in [0.15, 0.2) is 0 Å². The van der Waals surface area contributed by atoms with E-state index in [1.165, 1.54) is 12.1 Å². The lowest BCUT2D eigenvalue weighted by atomic mass is 10.2. The molecule has 0 saturated carbocycles. The van der Waals surface area contributed by atoms with Crippen molar-refractivity contribution in [3.8, 4) is 0 Å². The Morgan fingerprint density at radius 1 is 1.58 bits per heavy atom. The minimum atomic E-state index is -0.349. The van der Waals surface area contributed by atoms with Crippen LogP contribution in [-0.4, -0.2) is 16.0 Å². The highest BCUT2D eigenvalue weighted by Gasteiger charge is 1.89. The minimum absolute atomic E-state index is 0.0417. The van der Waals surface area contributed by atoms with E-state index in [0.29, 0.717) is 6.54 Å². The molecule has 0 aliphatic carbocycles. The van der Waals surface area contributed by atoms with Crippen LogP contribution in [-0.2, 0) is 6.54 Å². The van der Waals surface area contributed by atoms with Gasteiger partial charge in [0.1, 0.15) is 5.82 Å². The van der Waals surface area contributed by atoms with Crippen molar-refractivity contribution in [1.82, 2.24) is 0 Å². The molecule has 0 saturated heterocycles. The van der Waals surface area contributed by atoms with Crippen molar-refractivity contribution in [2.45, 2.75) is 6.54 Å². The SMILES string of the molecule is NCc1cc[c]c(F)c1.[Br][Mg][Br]. The van der Waals surface area contributed by atoms with Crippen LogP contribution in [0.1, 0.15) is 5.56 Å². The van der Waals surface area contributed by atoms with Gasteiger partial charge in [-0.05, 0) is 11.6 Å². The molecule has 0 atom stereocenters. The highest BCUT2D eigenvalue weighted by Crippen LogP contribution is 2.00. The third-order valence-electron chi connectivity index (χ3n) is 1.07. The highest BCUT2D eigenvalue weighted by molar-refractivity contribution is 9.47. The summed E-state index contributed by atoms with van der Waals surface area (Å²) in [6.07, 6.45) is 0. The van der Waals surface area contributed by atoms with E-state index in [2.05, 4.69) is 31.8 Å². The molecule has 1 radical (unpaired) electrons. The largest absolute Gasteiger partial charge is 0.560 e. The second-order valence-corrected chi connectivity index (χ2v) is 9.93. The lowest BCUT2D eigenvalue weighted by Gasteiger charge is -1.92. The molecule has 0 amide bonds. The summed E-state index contributed by atoms with van der Waals surface area (Å²) in [7, 11) is 0. The summed E-state index contributed by atoms with van der Waals surface area (Å²) in [6, 6.07) is 7.02. The lowest BCUT2D eigenvalue weighted by Crippen LogP contribution is -1.95. The van der Waals surface area contributed by atoms with Crippen LogP contribution >= 0.6 is 25.8 Å². The molecule has 0 spiro atoms. The third kappa shape index (κ3) is 6.36. The molecule has 1 rings (SSSR count). The molecule has 0 aliphatic rings. The maximum atomic E-state index is 12.2. The predicted molar refractivity (Wildman–Crippen MR) is 56.7 cm³/mol. The van der Waals surface area contributed by atoms with E-state index >= 15 is 0 Å². The normalized spacial score (nSPS) is 8.00. The van der Waals surface area contributed by atoms with Crippen LogP contribution in [0.25, 0.3) is 0 Å². The van der Waals surface area contributed by atoms with Crippen molar-refractivity contribution in [1.29, 1.82) is 0 Å². The van der Waals surface area contributed by atoms with Gasteiger partial charge in [-0.2, -0.15) is 0 Å². The Labute approximate surface area is 93.4 Å². The highest BCUT2D eigenvalue weighted by atomic mass is 79.9. The summed E-state index contributed by atoms with van der Waals surface area (Å²) in [5, 5.41) is 0. The van der Waals surface area contributed by atoms with Crippen molar-refractivity contribution < 1.29 is 4.39 Å². The zero-order valence-corrected chi connectivity index (χ0v) is 10.9. The fourth-order valence-corrected chi connectivity index (χ4v) is 0.608. The van der Waals surface area contributed by atoms with E-state index in [-0.39, 0.29) is 21.8 Å². The number of hydrogen-bond donors (Lipinski definition) is 1. The van der Waals surface area contributed by atoms with Crippen LogP contribution in [0, 0.1) is 11.9 Å². The van der Waals surface area contributed by atoms with Gasteiger partial charge in [0.2, 0.25) is 0 Å². The van der Waals surface area contributed by atoms with Gasteiger partial charge in [-0.3, -0.25) is 25.8 Å². The Morgan fingerprint density at radius 3 is 2.50 bits per heavy atom. The first-order valence-corrected chi connectivity index (χ1v) is 11.0.